The van der Waals surface area contributed by atoms with E-state index in [1.807, 2.05) is 0 Å². The summed E-state index contributed by atoms with van der Waals surface area (Å²) in [7, 11) is 0. The molecular weight excluding hydrogens is 278 g/mol. The van der Waals surface area contributed by atoms with Crippen molar-refractivity contribution in [2.75, 3.05) is 18.9 Å². The summed E-state index contributed by atoms with van der Waals surface area (Å²) in [5.74, 6) is -0.879. The lowest BCUT2D eigenvalue weighted by molar-refractivity contribution is -0.119. The van der Waals surface area contributed by atoms with Crippen molar-refractivity contribution in [3.63, 3.8) is 0 Å². The number of carbonyl (C=O) groups is 2. The third kappa shape index (κ3) is 4.25. The maximum Gasteiger partial charge on any atom is 0.336 e. The number of hydrogen-bond donors (Lipinski definition) is 2. The van der Waals surface area contributed by atoms with Crippen LogP contribution in [-0.4, -0.2) is 42.0 Å². The number of carboxylic acid groups (broad SMARTS) is 1. The monoisotopic (exact) mass is 295 g/mol. The maximum atomic E-state index is 11.7. The van der Waals surface area contributed by atoms with Crippen molar-refractivity contribution in [2.24, 2.45) is 0 Å². The van der Waals surface area contributed by atoms with Crippen molar-refractivity contribution >= 4 is 23.6 Å². The molecule has 0 aliphatic carbocycles. The summed E-state index contributed by atoms with van der Waals surface area (Å²) >= 11 is 1.23. The summed E-state index contributed by atoms with van der Waals surface area (Å²) in [5, 5.41) is 11.9. The van der Waals surface area contributed by atoms with Gasteiger partial charge in [0.05, 0.1) is 17.4 Å². The average molecular weight is 295 g/mol. The average Bonchev–Trinajstić information content (AvgIpc) is 2.96. The molecule has 0 spiro atoms. The molecule has 108 valence electrons. The Kier molecular flexibility index (Phi) is 5.43. The van der Waals surface area contributed by atoms with Gasteiger partial charge in [-0.05, 0) is 25.0 Å². The fraction of sp³-hybridized carbons (Fsp3) is 0.429. The van der Waals surface area contributed by atoms with E-state index >= 15 is 0 Å². The fourth-order valence-corrected chi connectivity index (χ4v) is 2.87. The van der Waals surface area contributed by atoms with Crippen molar-refractivity contribution in [1.82, 2.24) is 5.32 Å². The first-order valence-corrected chi connectivity index (χ1v) is 7.49. The molecule has 1 atom stereocenters. The molecule has 1 aliphatic heterocycles. The molecule has 1 aromatic carbocycles. The van der Waals surface area contributed by atoms with E-state index in [0.29, 0.717) is 11.4 Å². The Balaban J connectivity index is 1.79. The van der Waals surface area contributed by atoms with E-state index in [4.69, 9.17) is 9.84 Å². The Hall–Kier alpha value is -1.53. The van der Waals surface area contributed by atoms with E-state index in [1.165, 1.54) is 17.8 Å². The van der Waals surface area contributed by atoms with E-state index in [0.717, 1.165) is 19.4 Å². The standard InChI is InChI=1S/C14H17NO4S/c16-13(15-8-10-4-3-7-19-10)9-20-12-6-2-1-5-11(12)14(17)18/h1-2,5-6,10H,3-4,7-9H2,(H,15,16)(H,17,18)/t10-/m1/s1. The summed E-state index contributed by atoms with van der Waals surface area (Å²) in [6, 6.07) is 6.68. The molecule has 1 fully saturated rings. The maximum absolute atomic E-state index is 11.7. The van der Waals surface area contributed by atoms with E-state index in [-0.39, 0.29) is 23.3 Å². The molecule has 1 heterocycles. The van der Waals surface area contributed by atoms with Crippen LogP contribution in [0.1, 0.15) is 23.2 Å². The van der Waals surface area contributed by atoms with Gasteiger partial charge in [-0.15, -0.1) is 11.8 Å². The number of rotatable bonds is 6. The van der Waals surface area contributed by atoms with Crippen LogP contribution >= 0.6 is 11.8 Å². The van der Waals surface area contributed by atoms with Crippen molar-refractivity contribution < 1.29 is 19.4 Å². The predicted octanol–water partition coefficient (Wildman–Crippen LogP) is 1.77. The van der Waals surface area contributed by atoms with Gasteiger partial charge in [-0.2, -0.15) is 0 Å². The number of ether oxygens (including phenoxy) is 1. The second-order valence-electron chi connectivity index (χ2n) is 4.53. The summed E-state index contributed by atoms with van der Waals surface area (Å²) in [6.45, 7) is 1.29. The van der Waals surface area contributed by atoms with Gasteiger partial charge in [0.25, 0.3) is 0 Å². The van der Waals surface area contributed by atoms with Gasteiger partial charge in [-0.3, -0.25) is 4.79 Å². The van der Waals surface area contributed by atoms with Gasteiger partial charge in [-0.1, -0.05) is 12.1 Å². The lowest BCUT2D eigenvalue weighted by atomic mass is 10.2. The van der Waals surface area contributed by atoms with E-state index in [9.17, 15) is 9.59 Å². The molecule has 6 heteroatoms. The summed E-state index contributed by atoms with van der Waals surface area (Å²) < 4.78 is 5.42. The Morgan fingerprint density at radius 1 is 1.40 bits per heavy atom. The van der Waals surface area contributed by atoms with Gasteiger partial charge >= 0.3 is 5.97 Å². The molecular formula is C14H17NO4S. The van der Waals surface area contributed by atoms with Crippen LogP contribution in [0.3, 0.4) is 0 Å². The lowest BCUT2D eigenvalue weighted by Crippen LogP contribution is -2.32. The highest BCUT2D eigenvalue weighted by molar-refractivity contribution is 8.00. The summed E-state index contributed by atoms with van der Waals surface area (Å²) in [4.78, 5) is 23.4. The molecule has 0 unspecified atom stereocenters. The summed E-state index contributed by atoms with van der Waals surface area (Å²) in [5.41, 5.74) is 0.226. The first-order valence-electron chi connectivity index (χ1n) is 6.50. The molecule has 2 N–H and O–H groups in total. The highest BCUT2D eigenvalue weighted by Crippen LogP contribution is 2.22. The number of nitrogens with one attached hydrogen (secondary N) is 1. The molecule has 0 bridgehead atoms. The van der Waals surface area contributed by atoms with E-state index < -0.39 is 5.97 Å². The minimum absolute atomic E-state index is 0.106. The predicted molar refractivity (Wildman–Crippen MR) is 76.1 cm³/mol. The van der Waals surface area contributed by atoms with Crippen LogP contribution in [0.15, 0.2) is 29.2 Å². The van der Waals surface area contributed by atoms with Gasteiger partial charge in [0.2, 0.25) is 5.91 Å². The number of thioether (sulfide) groups is 1. The van der Waals surface area contributed by atoms with Crippen LogP contribution < -0.4 is 5.32 Å². The third-order valence-electron chi connectivity index (χ3n) is 3.03. The lowest BCUT2D eigenvalue weighted by Gasteiger charge is -2.11. The number of aromatic carboxylic acids is 1. The minimum atomic E-state index is -0.979. The molecule has 1 aliphatic rings. The zero-order valence-corrected chi connectivity index (χ0v) is 11.8. The van der Waals surface area contributed by atoms with Crippen LogP contribution in [0, 0.1) is 0 Å². The zero-order valence-electron chi connectivity index (χ0n) is 11.0. The largest absolute Gasteiger partial charge is 0.478 e. The van der Waals surface area contributed by atoms with Gasteiger partial charge in [0.1, 0.15) is 0 Å². The van der Waals surface area contributed by atoms with Crippen LogP contribution in [0.5, 0.6) is 0 Å². The number of carbonyl (C=O) groups excluding carboxylic acids is 1. The molecule has 0 radical (unpaired) electrons. The van der Waals surface area contributed by atoms with Crippen LogP contribution in [0.4, 0.5) is 0 Å². The normalized spacial score (nSPS) is 17.9. The number of carboxylic acids is 1. The molecule has 2 rings (SSSR count). The Morgan fingerprint density at radius 3 is 2.90 bits per heavy atom. The molecule has 0 saturated carbocycles. The Labute approximate surface area is 121 Å². The third-order valence-corrected chi connectivity index (χ3v) is 4.10. The molecule has 1 saturated heterocycles. The van der Waals surface area contributed by atoms with Gasteiger partial charge in [0.15, 0.2) is 0 Å². The van der Waals surface area contributed by atoms with E-state index in [1.54, 1.807) is 18.2 Å². The Morgan fingerprint density at radius 2 is 2.20 bits per heavy atom. The number of amides is 1. The second-order valence-corrected chi connectivity index (χ2v) is 5.55. The Bertz CT molecular complexity index is 486. The van der Waals surface area contributed by atoms with Crippen LogP contribution in [0.2, 0.25) is 0 Å². The first-order chi connectivity index (χ1) is 9.66. The quantitative estimate of drug-likeness (QED) is 0.782. The first kappa shape index (κ1) is 14.9. The highest BCUT2D eigenvalue weighted by atomic mass is 32.2. The molecule has 1 aromatic rings. The van der Waals surface area contributed by atoms with E-state index in [2.05, 4.69) is 5.32 Å². The topological polar surface area (TPSA) is 75.6 Å². The molecule has 1 amide bonds. The zero-order chi connectivity index (χ0) is 14.4. The number of benzene rings is 1. The molecule has 5 nitrogen and oxygen atoms in total. The SMILES string of the molecule is O=C(CSc1ccccc1C(=O)O)NC[C@H]1CCCO1. The summed E-state index contributed by atoms with van der Waals surface area (Å²) in [6.07, 6.45) is 2.14. The molecule has 20 heavy (non-hydrogen) atoms. The van der Waals surface area contributed by atoms with Gasteiger partial charge < -0.3 is 15.2 Å². The van der Waals surface area contributed by atoms with Crippen molar-refractivity contribution in [3.8, 4) is 0 Å². The molecule has 0 aromatic heterocycles. The second kappa shape index (κ2) is 7.31. The fourth-order valence-electron chi connectivity index (χ4n) is 2.00. The van der Waals surface area contributed by atoms with Crippen LogP contribution in [0.25, 0.3) is 0 Å². The minimum Gasteiger partial charge on any atom is -0.478 e. The van der Waals surface area contributed by atoms with Crippen molar-refractivity contribution in [2.45, 2.75) is 23.8 Å². The van der Waals surface area contributed by atoms with Crippen LogP contribution in [-0.2, 0) is 9.53 Å². The number of hydrogen-bond acceptors (Lipinski definition) is 4. The van der Waals surface area contributed by atoms with Gasteiger partial charge in [-0.25, -0.2) is 4.79 Å². The van der Waals surface area contributed by atoms with Crippen molar-refractivity contribution in [1.29, 1.82) is 0 Å². The van der Waals surface area contributed by atoms with Gasteiger partial charge in [0, 0.05) is 18.0 Å². The smallest absolute Gasteiger partial charge is 0.336 e. The highest BCUT2D eigenvalue weighted by Gasteiger charge is 2.16. The van der Waals surface area contributed by atoms with Crippen molar-refractivity contribution in [3.05, 3.63) is 29.8 Å².